The van der Waals surface area contributed by atoms with Crippen LogP contribution in [0.15, 0.2) is 0 Å². The quantitative estimate of drug-likeness (QED) is 0.437. The average Bonchev–Trinajstić information content (AvgIpc) is 2.39. The van der Waals surface area contributed by atoms with Crippen LogP contribution < -0.4 is 0 Å². The topological polar surface area (TPSA) is 18.5 Å². The van der Waals surface area contributed by atoms with Gasteiger partial charge in [-0.25, -0.2) is 0 Å². The first kappa shape index (κ1) is 17.7. The smallest absolute Gasteiger partial charge is 0.334 e. The number of hydrogen-bond donors (Lipinski definition) is 0. The van der Waals surface area contributed by atoms with Crippen LogP contribution in [0.1, 0.15) is 27.2 Å². The van der Waals surface area contributed by atoms with Crippen molar-refractivity contribution in [2.75, 3.05) is 20.0 Å². The average molecular weight is 295 g/mol. The normalized spacial score (nSPS) is 13.1. The molecule has 0 aromatic carbocycles. The minimum atomic E-state index is -1.82. The van der Waals surface area contributed by atoms with Crippen LogP contribution in [0, 0.1) is 0 Å². The van der Waals surface area contributed by atoms with Gasteiger partial charge in [0.05, 0.1) is 0 Å². The summed E-state index contributed by atoms with van der Waals surface area (Å²) in [5.74, 6) is 1.29. The second-order valence-corrected chi connectivity index (χ2v) is 17.0. The fourth-order valence-electron chi connectivity index (χ4n) is 2.03. The van der Waals surface area contributed by atoms with Gasteiger partial charge in [0.1, 0.15) is 7.22 Å². The second kappa shape index (κ2) is 8.74. The molecule has 0 rings (SSSR count). The van der Waals surface area contributed by atoms with Crippen molar-refractivity contribution in [3.05, 3.63) is 0 Å². The molecule has 0 spiro atoms. The van der Waals surface area contributed by atoms with E-state index in [1.54, 1.807) is 14.2 Å². The number of rotatable bonds is 10. The van der Waals surface area contributed by atoms with Gasteiger partial charge in [-0.1, -0.05) is 38.9 Å². The Bertz CT molecular complexity index is 187. The fraction of sp³-hybridized carbons (Fsp3) is 1.00. The standard InChI is InChI=1S/C12H30O2SSi2/c1-7-17(8-2,9-3)15-11-10-12-16(6,13-4)14-5/h7-12H2,1-6H3. The molecule has 0 fully saturated rings. The monoisotopic (exact) mass is 294 g/mol. The van der Waals surface area contributed by atoms with Gasteiger partial charge in [-0.05, 0) is 24.8 Å². The molecule has 5 heteroatoms. The minimum absolute atomic E-state index is 0.984. The number of hydrogen-bond acceptors (Lipinski definition) is 3. The lowest BCUT2D eigenvalue weighted by Gasteiger charge is -2.28. The fourth-order valence-corrected chi connectivity index (χ4v) is 10.1. The van der Waals surface area contributed by atoms with Crippen LogP contribution in [0.5, 0.6) is 0 Å². The van der Waals surface area contributed by atoms with Crippen molar-refractivity contribution in [1.29, 1.82) is 0 Å². The highest BCUT2D eigenvalue weighted by Gasteiger charge is 2.30. The largest absolute Gasteiger partial charge is 0.398 e. The first-order valence-electron chi connectivity index (χ1n) is 6.75. The zero-order valence-electron chi connectivity index (χ0n) is 12.5. The predicted molar refractivity (Wildman–Crippen MR) is 84.7 cm³/mol. The van der Waals surface area contributed by atoms with E-state index >= 15 is 0 Å². The van der Waals surface area contributed by atoms with Gasteiger partial charge >= 0.3 is 8.56 Å². The molecule has 0 unspecified atom stereocenters. The zero-order chi connectivity index (χ0) is 13.4. The summed E-state index contributed by atoms with van der Waals surface area (Å²) < 4.78 is 11.0. The highest BCUT2D eigenvalue weighted by Crippen LogP contribution is 2.33. The molecule has 0 saturated heterocycles. The lowest BCUT2D eigenvalue weighted by Crippen LogP contribution is -2.36. The third-order valence-electron chi connectivity index (χ3n) is 3.98. The minimum Gasteiger partial charge on any atom is -0.398 e. The van der Waals surface area contributed by atoms with Gasteiger partial charge in [0.25, 0.3) is 0 Å². The van der Waals surface area contributed by atoms with Crippen molar-refractivity contribution >= 4 is 27.0 Å². The summed E-state index contributed by atoms with van der Waals surface area (Å²) in [7, 11) is 0.762. The highest BCUT2D eigenvalue weighted by atomic mass is 32.4. The molecule has 0 aliphatic carbocycles. The summed E-state index contributed by atoms with van der Waals surface area (Å²) in [5, 5.41) is 0. The Hall–Kier alpha value is 0.704. The van der Waals surface area contributed by atoms with Gasteiger partial charge in [0.15, 0.2) is 0 Å². The first-order chi connectivity index (χ1) is 8.01. The van der Waals surface area contributed by atoms with Gasteiger partial charge < -0.3 is 8.85 Å². The van der Waals surface area contributed by atoms with Crippen LogP contribution in [0.4, 0.5) is 0 Å². The molecule has 0 amide bonds. The van der Waals surface area contributed by atoms with Crippen molar-refractivity contribution in [2.24, 2.45) is 0 Å². The van der Waals surface area contributed by atoms with Gasteiger partial charge in [0, 0.05) is 14.2 Å². The van der Waals surface area contributed by atoms with Crippen LogP contribution >= 0.6 is 11.2 Å². The molecule has 0 aliphatic rings. The van der Waals surface area contributed by atoms with E-state index in [0.717, 1.165) is 6.04 Å². The van der Waals surface area contributed by atoms with Crippen LogP contribution in [0.3, 0.4) is 0 Å². The molecular formula is C12H30O2SSi2. The summed E-state index contributed by atoms with van der Waals surface area (Å²) >= 11 is 2.28. The summed E-state index contributed by atoms with van der Waals surface area (Å²) in [6, 6.07) is 5.35. The van der Waals surface area contributed by atoms with Gasteiger partial charge in [-0.15, -0.1) is 0 Å². The van der Waals surface area contributed by atoms with Crippen molar-refractivity contribution in [2.45, 2.75) is 57.9 Å². The van der Waals surface area contributed by atoms with Gasteiger partial charge in [-0.2, -0.15) is 11.2 Å². The van der Waals surface area contributed by atoms with E-state index in [2.05, 4.69) is 38.5 Å². The molecule has 0 N–H and O–H groups in total. The van der Waals surface area contributed by atoms with Crippen LogP contribution in [-0.4, -0.2) is 35.8 Å². The van der Waals surface area contributed by atoms with E-state index in [9.17, 15) is 0 Å². The maximum absolute atomic E-state index is 5.52. The Morgan fingerprint density at radius 3 is 1.76 bits per heavy atom. The molecule has 0 aromatic rings. The molecule has 0 atom stereocenters. The first-order valence-corrected chi connectivity index (χ1v) is 13.6. The molecule has 17 heavy (non-hydrogen) atoms. The Morgan fingerprint density at radius 1 is 0.941 bits per heavy atom. The van der Waals surface area contributed by atoms with Gasteiger partial charge in [-0.3, -0.25) is 0 Å². The molecule has 0 heterocycles. The molecule has 0 aromatic heterocycles. The SMILES string of the molecule is CC[Si](CC)(CC)SCCC[Si](C)(OC)OC. The van der Waals surface area contributed by atoms with E-state index in [4.69, 9.17) is 8.85 Å². The Kier molecular flexibility index (Phi) is 9.11. The molecule has 2 nitrogen and oxygen atoms in total. The van der Waals surface area contributed by atoms with Crippen LogP contribution in [0.25, 0.3) is 0 Å². The van der Waals surface area contributed by atoms with E-state index in [1.165, 1.54) is 30.3 Å². The second-order valence-electron chi connectivity index (χ2n) is 4.74. The molecule has 0 radical (unpaired) electrons. The zero-order valence-corrected chi connectivity index (χ0v) is 15.3. The summed E-state index contributed by atoms with van der Waals surface area (Å²) in [6.45, 7) is 9.27. The third kappa shape index (κ3) is 5.92. The summed E-state index contributed by atoms with van der Waals surface area (Å²) in [5.41, 5.74) is 0. The van der Waals surface area contributed by atoms with E-state index in [-0.39, 0.29) is 0 Å². The molecule has 0 saturated carbocycles. The molecule has 0 aliphatic heterocycles. The molecule has 104 valence electrons. The maximum Gasteiger partial charge on any atom is 0.334 e. The molecule has 0 bridgehead atoms. The van der Waals surface area contributed by atoms with Crippen LogP contribution in [0.2, 0.25) is 30.7 Å². The lowest BCUT2D eigenvalue weighted by molar-refractivity contribution is 0.249. The predicted octanol–water partition coefficient (Wildman–Crippen LogP) is 4.48. The third-order valence-corrected chi connectivity index (χ3v) is 17.0. The van der Waals surface area contributed by atoms with Crippen molar-refractivity contribution in [3.63, 3.8) is 0 Å². The lowest BCUT2D eigenvalue weighted by atomic mass is 10.6. The van der Waals surface area contributed by atoms with Crippen LogP contribution in [-0.2, 0) is 8.85 Å². The molecular weight excluding hydrogens is 264 g/mol. The highest BCUT2D eigenvalue weighted by molar-refractivity contribution is 8.28. The Morgan fingerprint density at radius 2 is 1.41 bits per heavy atom. The van der Waals surface area contributed by atoms with E-state index < -0.39 is 15.8 Å². The Labute approximate surface area is 114 Å². The van der Waals surface area contributed by atoms with Crippen molar-refractivity contribution in [3.8, 4) is 0 Å². The Balaban J connectivity index is 3.98. The van der Waals surface area contributed by atoms with Gasteiger partial charge in [0.2, 0.25) is 0 Å². The van der Waals surface area contributed by atoms with Crippen molar-refractivity contribution < 1.29 is 8.85 Å². The summed E-state index contributed by atoms with van der Waals surface area (Å²) in [6.07, 6.45) is 1.24. The van der Waals surface area contributed by atoms with E-state index in [1.807, 2.05) is 0 Å². The summed E-state index contributed by atoms with van der Waals surface area (Å²) in [4.78, 5) is 0. The van der Waals surface area contributed by atoms with Crippen molar-refractivity contribution in [1.82, 2.24) is 0 Å². The van der Waals surface area contributed by atoms with E-state index in [0.29, 0.717) is 0 Å². The maximum atomic E-state index is 5.52.